The molecule has 2 fully saturated rings. The van der Waals surface area contributed by atoms with Gasteiger partial charge in [-0.05, 0) is 44.4 Å². The second-order valence-corrected chi connectivity index (χ2v) is 7.97. The number of aliphatic imine (C=N–C) groups is 1. The van der Waals surface area contributed by atoms with Crippen molar-refractivity contribution in [2.75, 3.05) is 53.0 Å². The number of ether oxygens (including phenoxy) is 2. The van der Waals surface area contributed by atoms with E-state index in [1.807, 2.05) is 7.05 Å². The van der Waals surface area contributed by atoms with E-state index in [0.29, 0.717) is 18.1 Å². The third-order valence-corrected chi connectivity index (χ3v) is 5.54. The van der Waals surface area contributed by atoms with Gasteiger partial charge in [0.25, 0.3) is 0 Å². The molecular weight excluding hydrogens is 328 g/mol. The lowest BCUT2D eigenvalue weighted by Crippen LogP contribution is -2.49. The first-order chi connectivity index (χ1) is 12.6. The summed E-state index contributed by atoms with van der Waals surface area (Å²) in [4.78, 5) is 7.00. The molecule has 2 N–H and O–H groups in total. The van der Waals surface area contributed by atoms with Gasteiger partial charge >= 0.3 is 0 Å². The zero-order valence-corrected chi connectivity index (χ0v) is 17.3. The molecule has 6 heteroatoms. The molecule has 2 unspecified atom stereocenters. The topological polar surface area (TPSA) is 58.1 Å². The van der Waals surface area contributed by atoms with Crippen molar-refractivity contribution in [1.82, 2.24) is 15.5 Å². The number of nitrogens with one attached hydrogen (secondary N) is 2. The van der Waals surface area contributed by atoms with Gasteiger partial charge in [0.05, 0.1) is 12.7 Å². The van der Waals surface area contributed by atoms with Gasteiger partial charge in [-0.2, -0.15) is 0 Å². The summed E-state index contributed by atoms with van der Waals surface area (Å²) in [5.74, 6) is 2.21. The van der Waals surface area contributed by atoms with Crippen LogP contribution < -0.4 is 10.6 Å². The van der Waals surface area contributed by atoms with Crippen LogP contribution in [-0.2, 0) is 9.47 Å². The average Bonchev–Trinajstić information content (AvgIpc) is 3.14. The zero-order chi connectivity index (χ0) is 18.8. The van der Waals surface area contributed by atoms with Crippen LogP contribution in [0.15, 0.2) is 4.99 Å². The molecule has 2 aliphatic heterocycles. The van der Waals surface area contributed by atoms with E-state index < -0.39 is 0 Å². The molecule has 0 aromatic carbocycles. The first-order valence-electron chi connectivity index (χ1n) is 10.5. The second-order valence-electron chi connectivity index (χ2n) is 7.97. The highest BCUT2D eigenvalue weighted by molar-refractivity contribution is 5.79. The Kier molecular flexibility index (Phi) is 9.72. The maximum atomic E-state index is 5.82. The number of likely N-dealkylation sites (tertiary alicyclic amines) is 1. The number of rotatable bonds is 9. The SMILES string of the molecule is CCOC(CCNC(=NC)NC1CCN(CC2CCOC2)CC1)C(C)C. The van der Waals surface area contributed by atoms with Crippen LogP contribution in [0.3, 0.4) is 0 Å². The highest BCUT2D eigenvalue weighted by Gasteiger charge is 2.24. The van der Waals surface area contributed by atoms with Crippen molar-refractivity contribution >= 4 is 5.96 Å². The van der Waals surface area contributed by atoms with E-state index >= 15 is 0 Å². The molecule has 0 spiro atoms. The minimum atomic E-state index is 0.313. The Balaban J connectivity index is 1.63. The molecule has 2 heterocycles. The molecule has 0 bridgehead atoms. The summed E-state index contributed by atoms with van der Waals surface area (Å²) in [6, 6.07) is 0.519. The standard InChI is InChI=1S/C20H40N4O2/c1-5-26-19(16(2)3)6-10-22-20(21-4)23-18-7-11-24(12-8-18)14-17-9-13-25-15-17/h16-19H,5-15H2,1-4H3,(H2,21,22,23). The molecule has 2 aliphatic rings. The summed E-state index contributed by atoms with van der Waals surface area (Å²) in [6.45, 7) is 13.6. The fraction of sp³-hybridized carbons (Fsp3) is 0.950. The van der Waals surface area contributed by atoms with E-state index in [0.717, 1.165) is 44.7 Å². The van der Waals surface area contributed by atoms with Crippen LogP contribution in [0.4, 0.5) is 0 Å². The lowest BCUT2D eigenvalue weighted by Gasteiger charge is -2.34. The molecular formula is C20H40N4O2. The maximum absolute atomic E-state index is 5.82. The van der Waals surface area contributed by atoms with E-state index in [1.165, 1.54) is 38.9 Å². The molecule has 26 heavy (non-hydrogen) atoms. The zero-order valence-electron chi connectivity index (χ0n) is 17.3. The predicted octanol–water partition coefficient (Wildman–Crippen LogP) is 2.10. The highest BCUT2D eigenvalue weighted by Crippen LogP contribution is 2.17. The van der Waals surface area contributed by atoms with Crippen molar-refractivity contribution in [3.8, 4) is 0 Å². The summed E-state index contributed by atoms with van der Waals surface area (Å²) in [5.41, 5.74) is 0. The monoisotopic (exact) mass is 368 g/mol. The van der Waals surface area contributed by atoms with Gasteiger partial charge in [-0.1, -0.05) is 13.8 Å². The fourth-order valence-corrected chi connectivity index (χ4v) is 3.90. The minimum absolute atomic E-state index is 0.313. The van der Waals surface area contributed by atoms with Crippen LogP contribution in [0.5, 0.6) is 0 Å². The van der Waals surface area contributed by atoms with Crippen molar-refractivity contribution in [3.05, 3.63) is 0 Å². The largest absolute Gasteiger partial charge is 0.381 e. The molecule has 0 aliphatic carbocycles. The number of hydrogen-bond acceptors (Lipinski definition) is 4. The van der Waals surface area contributed by atoms with Crippen LogP contribution in [0, 0.1) is 11.8 Å². The first-order valence-corrected chi connectivity index (χ1v) is 10.5. The number of hydrogen-bond donors (Lipinski definition) is 2. The fourth-order valence-electron chi connectivity index (χ4n) is 3.90. The Bertz CT molecular complexity index is 403. The third kappa shape index (κ3) is 7.41. The molecule has 0 radical (unpaired) electrons. The third-order valence-electron chi connectivity index (χ3n) is 5.54. The van der Waals surface area contributed by atoms with Crippen LogP contribution >= 0.6 is 0 Å². The number of piperidine rings is 1. The lowest BCUT2D eigenvalue weighted by atomic mass is 10.0. The number of nitrogens with zero attached hydrogens (tertiary/aromatic N) is 2. The highest BCUT2D eigenvalue weighted by atomic mass is 16.5. The van der Waals surface area contributed by atoms with E-state index in [4.69, 9.17) is 9.47 Å². The molecule has 152 valence electrons. The molecule has 0 amide bonds. The lowest BCUT2D eigenvalue weighted by molar-refractivity contribution is 0.0258. The normalized spacial score (nSPS) is 24.2. The molecule has 6 nitrogen and oxygen atoms in total. The van der Waals surface area contributed by atoms with Crippen LogP contribution in [0.1, 0.15) is 46.5 Å². The van der Waals surface area contributed by atoms with Crippen molar-refractivity contribution < 1.29 is 9.47 Å². The Labute approximate surface area is 160 Å². The smallest absolute Gasteiger partial charge is 0.191 e. The molecule has 0 aromatic heterocycles. The van der Waals surface area contributed by atoms with E-state index in [-0.39, 0.29) is 0 Å². The molecule has 0 saturated carbocycles. The van der Waals surface area contributed by atoms with Crippen LogP contribution in [0.25, 0.3) is 0 Å². The van der Waals surface area contributed by atoms with Crippen molar-refractivity contribution in [1.29, 1.82) is 0 Å². The van der Waals surface area contributed by atoms with Gasteiger partial charge in [-0.15, -0.1) is 0 Å². The Morgan fingerprint density at radius 2 is 2.04 bits per heavy atom. The van der Waals surface area contributed by atoms with Gasteiger partial charge in [0, 0.05) is 52.5 Å². The van der Waals surface area contributed by atoms with Crippen molar-refractivity contribution in [2.24, 2.45) is 16.8 Å². The van der Waals surface area contributed by atoms with Crippen LogP contribution in [-0.4, -0.2) is 76.1 Å². The minimum Gasteiger partial charge on any atom is -0.381 e. The van der Waals surface area contributed by atoms with Gasteiger partial charge < -0.3 is 25.0 Å². The molecule has 0 aromatic rings. The van der Waals surface area contributed by atoms with Gasteiger partial charge in [0.15, 0.2) is 5.96 Å². The van der Waals surface area contributed by atoms with Gasteiger partial charge in [-0.3, -0.25) is 4.99 Å². The Morgan fingerprint density at radius 1 is 1.27 bits per heavy atom. The quantitative estimate of drug-likeness (QED) is 0.482. The Morgan fingerprint density at radius 3 is 2.62 bits per heavy atom. The summed E-state index contributed by atoms with van der Waals surface area (Å²) >= 11 is 0. The number of guanidine groups is 1. The average molecular weight is 369 g/mol. The summed E-state index contributed by atoms with van der Waals surface area (Å²) in [6.07, 6.45) is 4.92. The second kappa shape index (κ2) is 11.8. The molecule has 2 atom stereocenters. The van der Waals surface area contributed by atoms with Gasteiger partial charge in [0.2, 0.25) is 0 Å². The van der Waals surface area contributed by atoms with Crippen molar-refractivity contribution in [2.45, 2.75) is 58.6 Å². The summed E-state index contributed by atoms with van der Waals surface area (Å²) < 4.78 is 11.3. The summed E-state index contributed by atoms with van der Waals surface area (Å²) in [5, 5.41) is 7.06. The van der Waals surface area contributed by atoms with Gasteiger partial charge in [0.1, 0.15) is 0 Å². The maximum Gasteiger partial charge on any atom is 0.191 e. The van der Waals surface area contributed by atoms with E-state index in [9.17, 15) is 0 Å². The van der Waals surface area contributed by atoms with E-state index in [1.54, 1.807) is 0 Å². The molecule has 2 rings (SSSR count). The van der Waals surface area contributed by atoms with Crippen molar-refractivity contribution in [3.63, 3.8) is 0 Å². The Hall–Kier alpha value is -0.850. The van der Waals surface area contributed by atoms with Gasteiger partial charge in [-0.25, -0.2) is 0 Å². The van der Waals surface area contributed by atoms with E-state index in [2.05, 4.69) is 41.3 Å². The van der Waals surface area contributed by atoms with Crippen LogP contribution in [0.2, 0.25) is 0 Å². The molecule has 2 saturated heterocycles. The predicted molar refractivity (Wildman–Crippen MR) is 108 cm³/mol. The first kappa shape index (κ1) is 21.5. The summed E-state index contributed by atoms with van der Waals surface area (Å²) in [7, 11) is 1.85.